The van der Waals surface area contributed by atoms with Crippen LogP contribution in [0.3, 0.4) is 0 Å². The zero-order valence-corrected chi connectivity index (χ0v) is 22.4. The summed E-state index contributed by atoms with van der Waals surface area (Å²) in [6.45, 7) is 16.0. The van der Waals surface area contributed by atoms with Crippen molar-refractivity contribution in [3.05, 3.63) is 81.2 Å². The maximum absolute atomic E-state index is 13.3. The summed E-state index contributed by atoms with van der Waals surface area (Å²) in [5.41, 5.74) is 4.64. The normalized spacial score (nSPS) is 13.1. The molecule has 0 aliphatic heterocycles. The van der Waals surface area contributed by atoms with Crippen molar-refractivity contribution in [2.24, 2.45) is 5.92 Å². The van der Waals surface area contributed by atoms with Gasteiger partial charge in [0, 0.05) is 41.9 Å². The third-order valence-electron chi connectivity index (χ3n) is 7.09. The number of H-pyrrole nitrogens is 1. The van der Waals surface area contributed by atoms with Crippen molar-refractivity contribution in [2.45, 2.75) is 79.6 Å². The van der Waals surface area contributed by atoms with Gasteiger partial charge in [-0.2, -0.15) is 0 Å². The molecule has 0 spiro atoms. The molecule has 0 bridgehead atoms. The van der Waals surface area contributed by atoms with E-state index >= 15 is 0 Å². The summed E-state index contributed by atoms with van der Waals surface area (Å²) >= 11 is 0. The Bertz CT molecular complexity index is 1390. The lowest BCUT2D eigenvalue weighted by Gasteiger charge is -2.35. The number of nitrogens with one attached hydrogen (secondary N) is 1. The zero-order valence-electron chi connectivity index (χ0n) is 22.4. The summed E-state index contributed by atoms with van der Waals surface area (Å²) in [7, 11) is 0. The number of fused-ring (bicyclic) bond motifs is 1. The van der Waals surface area contributed by atoms with Gasteiger partial charge in [-0.3, -0.25) is 14.7 Å². The van der Waals surface area contributed by atoms with Crippen LogP contribution in [0.2, 0.25) is 0 Å². The second kappa shape index (κ2) is 10.3. The topological polar surface area (TPSA) is 92.6 Å². The molecule has 3 heterocycles. The minimum absolute atomic E-state index is 0.0697. The molecule has 0 aliphatic carbocycles. The monoisotopic (exact) mass is 487 g/mol. The predicted molar refractivity (Wildman–Crippen MR) is 143 cm³/mol. The van der Waals surface area contributed by atoms with Crippen molar-refractivity contribution in [1.29, 1.82) is 0 Å². The summed E-state index contributed by atoms with van der Waals surface area (Å²) in [4.78, 5) is 23.0. The number of hydrogen-bond donors (Lipinski definition) is 1. The van der Waals surface area contributed by atoms with Gasteiger partial charge >= 0.3 is 0 Å². The van der Waals surface area contributed by atoms with Gasteiger partial charge in [0.25, 0.3) is 5.56 Å². The third kappa shape index (κ3) is 5.23. The van der Waals surface area contributed by atoms with E-state index in [9.17, 15) is 4.79 Å². The highest BCUT2D eigenvalue weighted by Crippen LogP contribution is 2.33. The maximum Gasteiger partial charge on any atom is 0.252 e. The van der Waals surface area contributed by atoms with E-state index in [1.165, 1.54) is 0 Å². The molecule has 8 heteroatoms. The lowest BCUT2D eigenvalue weighted by molar-refractivity contribution is 0.117. The highest BCUT2D eigenvalue weighted by molar-refractivity contribution is 5.83. The Kier molecular flexibility index (Phi) is 7.36. The molecule has 0 saturated carbocycles. The highest BCUT2D eigenvalue weighted by Gasteiger charge is 2.34. The van der Waals surface area contributed by atoms with Gasteiger partial charge in [0.1, 0.15) is 0 Å². The standard InChI is InChI=1S/C28H37N7O/c1-8-28(6,7)35-26(31-32-33-35)25(18(2)3)34(16-21-10-9-11-29-15-21)17-22-14-23-20(5)12-19(4)13-24(23)30-27(22)36/h9-15,18,25H,8,16-17H2,1-7H3,(H,30,36)/t25-/m0/s1. The molecule has 0 fully saturated rings. The van der Waals surface area contributed by atoms with Crippen LogP contribution in [0.4, 0.5) is 0 Å². The number of tetrazole rings is 1. The first-order valence-corrected chi connectivity index (χ1v) is 12.7. The van der Waals surface area contributed by atoms with Crippen molar-refractivity contribution < 1.29 is 0 Å². The Balaban J connectivity index is 1.83. The van der Waals surface area contributed by atoms with Crippen molar-refractivity contribution in [1.82, 2.24) is 35.1 Å². The van der Waals surface area contributed by atoms with Gasteiger partial charge in [0.2, 0.25) is 0 Å². The number of aromatic amines is 1. The molecular formula is C28H37N7O. The minimum Gasteiger partial charge on any atom is -0.322 e. The smallest absolute Gasteiger partial charge is 0.252 e. The van der Waals surface area contributed by atoms with Gasteiger partial charge in [-0.25, -0.2) is 4.68 Å². The van der Waals surface area contributed by atoms with Gasteiger partial charge in [-0.1, -0.05) is 32.9 Å². The average molecular weight is 488 g/mol. The van der Waals surface area contributed by atoms with Crippen molar-refractivity contribution in [2.75, 3.05) is 0 Å². The molecule has 0 unspecified atom stereocenters. The van der Waals surface area contributed by atoms with Gasteiger partial charge in [0.05, 0.1) is 11.6 Å². The van der Waals surface area contributed by atoms with E-state index in [0.717, 1.165) is 45.4 Å². The lowest BCUT2D eigenvalue weighted by Crippen LogP contribution is -2.38. The number of nitrogens with zero attached hydrogens (tertiary/aromatic N) is 6. The summed E-state index contributed by atoms with van der Waals surface area (Å²) in [6, 6.07) is 10.1. The molecule has 8 nitrogen and oxygen atoms in total. The summed E-state index contributed by atoms with van der Waals surface area (Å²) < 4.78 is 1.95. The predicted octanol–water partition coefficient (Wildman–Crippen LogP) is 5.07. The third-order valence-corrected chi connectivity index (χ3v) is 7.09. The second-order valence-corrected chi connectivity index (χ2v) is 10.7. The molecule has 4 aromatic rings. The minimum atomic E-state index is -0.235. The van der Waals surface area contributed by atoms with Crippen LogP contribution in [0.15, 0.2) is 47.5 Å². The fourth-order valence-electron chi connectivity index (χ4n) is 4.87. The Labute approximate surface area is 212 Å². The first-order chi connectivity index (χ1) is 17.1. The number of rotatable bonds is 9. The first-order valence-electron chi connectivity index (χ1n) is 12.7. The molecule has 0 saturated heterocycles. The van der Waals surface area contributed by atoms with Crippen LogP contribution in [0, 0.1) is 19.8 Å². The van der Waals surface area contributed by atoms with E-state index < -0.39 is 0 Å². The molecule has 0 radical (unpaired) electrons. The van der Waals surface area contributed by atoms with E-state index in [2.05, 4.69) is 84.1 Å². The van der Waals surface area contributed by atoms with Gasteiger partial charge < -0.3 is 4.98 Å². The first kappa shape index (κ1) is 25.7. The molecule has 1 N–H and O–H groups in total. The maximum atomic E-state index is 13.3. The fraction of sp³-hybridized carbons (Fsp3) is 0.464. The van der Waals surface area contributed by atoms with Crippen LogP contribution < -0.4 is 5.56 Å². The Morgan fingerprint density at radius 2 is 1.92 bits per heavy atom. The van der Waals surface area contributed by atoms with Crippen LogP contribution in [-0.4, -0.2) is 35.1 Å². The summed E-state index contributed by atoms with van der Waals surface area (Å²) in [5.74, 6) is 1.01. The summed E-state index contributed by atoms with van der Waals surface area (Å²) in [5, 5.41) is 14.0. The van der Waals surface area contributed by atoms with E-state index in [4.69, 9.17) is 0 Å². The second-order valence-electron chi connectivity index (χ2n) is 10.7. The largest absolute Gasteiger partial charge is 0.322 e. The van der Waals surface area contributed by atoms with Crippen molar-refractivity contribution >= 4 is 10.9 Å². The Morgan fingerprint density at radius 3 is 2.58 bits per heavy atom. The number of hydrogen-bond acceptors (Lipinski definition) is 6. The molecule has 1 aromatic carbocycles. The molecule has 3 aromatic heterocycles. The number of pyridine rings is 2. The fourth-order valence-corrected chi connectivity index (χ4v) is 4.87. The number of aryl methyl sites for hydroxylation is 2. The quantitative estimate of drug-likeness (QED) is 0.354. The van der Waals surface area contributed by atoms with Crippen LogP contribution in [0.25, 0.3) is 10.9 Å². The van der Waals surface area contributed by atoms with Crippen LogP contribution in [0.5, 0.6) is 0 Å². The van der Waals surface area contributed by atoms with E-state index in [1.807, 2.05) is 36.0 Å². The molecule has 4 rings (SSSR count). The molecule has 0 aliphatic rings. The average Bonchev–Trinajstić information content (AvgIpc) is 3.30. The molecule has 0 amide bonds. The van der Waals surface area contributed by atoms with Gasteiger partial charge in [0.15, 0.2) is 5.82 Å². The zero-order chi connectivity index (χ0) is 26.0. The molecule has 190 valence electrons. The number of benzene rings is 1. The van der Waals surface area contributed by atoms with Crippen molar-refractivity contribution in [3.63, 3.8) is 0 Å². The van der Waals surface area contributed by atoms with Crippen LogP contribution >= 0.6 is 0 Å². The molecule has 1 atom stereocenters. The van der Waals surface area contributed by atoms with E-state index in [0.29, 0.717) is 13.1 Å². The van der Waals surface area contributed by atoms with Gasteiger partial charge in [-0.05, 0) is 85.3 Å². The van der Waals surface area contributed by atoms with Gasteiger partial charge in [-0.15, -0.1) is 5.10 Å². The Morgan fingerprint density at radius 1 is 1.14 bits per heavy atom. The van der Waals surface area contributed by atoms with E-state index in [1.54, 1.807) is 6.20 Å². The lowest BCUT2D eigenvalue weighted by atomic mass is 9.97. The van der Waals surface area contributed by atoms with E-state index in [-0.39, 0.29) is 23.1 Å². The molecular weight excluding hydrogens is 450 g/mol. The highest BCUT2D eigenvalue weighted by atomic mass is 16.1. The van der Waals surface area contributed by atoms with Crippen molar-refractivity contribution in [3.8, 4) is 0 Å². The SMILES string of the molecule is CCC(C)(C)n1nnnc1[C@H](C(C)C)N(Cc1cccnc1)Cc1cc2c(C)cc(C)cc2[nH]c1=O. The number of aromatic nitrogens is 6. The van der Waals surface area contributed by atoms with Crippen LogP contribution in [0.1, 0.15) is 75.2 Å². The van der Waals surface area contributed by atoms with Crippen LogP contribution in [-0.2, 0) is 18.6 Å². The summed E-state index contributed by atoms with van der Waals surface area (Å²) in [6.07, 6.45) is 4.54. The molecule has 36 heavy (non-hydrogen) atoms. The Hall–Kier alpha value is -3.39.